The van der Waals surface area contributed by atoms with Crippen LogP contribution in [0.1, 0.15) is 36.5 Å². The number of hydrogen-bond donors (Lipinski definition) is 2. The molecule has 0 aliphatic heterocycles. The molecule has 0 saturated heterocycles. The first kappa shape index (κ1) is 25.6. The third kappa shape index (κ3) is 6.03. The average molecular weight is 501 g/mol. The van der Waals surface area contributed by atoms with Crippen LogP contribution in [0.15, 0.2) is 78.9 Å². The molecule has 0 spiro atoms. The van der Waals surface area contributed by atoms with E-state index in [-0.39, 0.29) is 19.1 Å². The van der Waals surface area contributed by atoms with E-state index >= 15 is 0 Å². The van der Waals surface area contributed by atoms with Crippen molar-refractivity contribution in [2.24, 2.45) is 0 Å². The number of amides is 2. The Hall–Kier alpha value is -4.46. The lowest BCUT2D eigenvalue weighted by Crippen LogP contribution is -2.53. The van der Waals surface area contributed by atoms with Gasteiger partial charge in [0.05, 0.1) is 0 Å². The number of benzene rings is 3. The SMILES string of the molecule is CC(=O)[C@H](NC(=O)[C@@H](C)NC(=O)OCC1c2ccccc2-c2ccccc21)C(=O)OCc1ccccc1. The van der Waals surface area contributed by atoms with Gasteiger partial charge in [-0.15, -0.1) is 0 Å². The van der Waals surface area contributed by atoms with Gasteiger partial charge in [0.2, 0.25) is 5.91 Å². The number of ether oxygens (including phenoxy) is 2. The molecule has 0 unspecified atom stereocenters. The fourth-order valence-corrected chi connectivity index (χ4v) is 4.29. The molecule has 8 nitrogen and oxygen atoms in total. The standard InChI is InChI=1S/C29H28N2O6/c1-18(27(33)31-26(19(2)32)28(34)36-16-20-10-4-3-5-11-20)30-29(35)37-17-25-23-14-8-6-12-21(23)22-13-7-9-15-24(22)25/h3-15,18,25-26H,16-17H2,1-2H3,(H,30,35)(H,31,33)/t18-,26+/m1/s1. The van der Waals surface area contributed by atoms with Crippen molar-refractivity contribution < 1.29 is 28.7 Å². The first-order valence-corrected chi connectivity index (χ1v) is 12.0. The molecule has 0 radical (unpaired) electrons. The molecule has 1 aliphatic carbocycles. The second-order valence-corrected chi connectivity index (χ2v) is 8.84. The Morgan fingerprint density at radius 3 is 1.95 bits per heavy atom. The van der Waals surface area contributed by atoms with Gasteiger partial charge in [-0.2, -0.15) is 0 Å². The predicted molar refractivity (Wildman–Crippen MR) is 137 cm³/mol. The maximum atomic E-state index is 12.6. The second kappa shape index (κ2) is 11.5. The number of fused-ring (bicyclic) bond motifs is 3. The van der Waals surface area contributed by atoms with Gasteiger partial charge in [-0.1, -0.05) is 78.9 Å². The van der Waals surface area contributed by atoms with Gasteiger partial charge in [-0.3, -0.25) is 9.59 Å². The summed E-state index contributed by atoms with van der Waals surface area (Å²) in [6, 6.07) is 22.4. The van der Waals surface area contributed by atoms with Crippen molar-refractivity contribution in [1.29, 1.82) is 0 Å². The Morgan fingerprint density at radius 1 is 0.784 bits per heavy atom. The van der Waals surface area contributed by atoms with E-state index in [2.05, 4.69) is 10.6 Å². The van der Waals surface area contributed by atoms with Gasteiger partial charge in [0.1, 0.15) is 19.3 Å². The second-order valence-electron chi connectivity index (χ2n) is 8.84. The lowest BCUT2D eigenvalue weighted by Gasteiger charge is -2.19. The molecule has 1 aliphatic rings. The van der Waals surface area contributed by atoms with Gasteiger partial charge in [0, 0.05) is 5.92 Å². The molecular formula is C29H28N2O6. The molecule has 0 saturated carbocycles. The van der Waals surface area contributed by atoms with Crippen LogP contribution in [0.3, 0.4) is 0 Å². The summed E-state index contributed by atoms with van der Waals surface area (Å²) in [4.78, 5) is 49.5. The summed E-state index contributed by atoms with van der Waals surface area (Å²) in [7, 11) is 0. The Kier molecular flexibility index (Phi) is 7.98. The number of hydrogen-bond acceptors (Lipinski definition) is 6. The fraction of sp³-hybridized carbons (Fsp3) is 0.241. The van der Waals surface area contributed by atoms with Gasteiger partial charge >= 0.3 is 12.1 Å². The van der Waals surface area contributed by atoms with Crippen molar-refractivity contribution in [1.82, 2.24) is 10.6 Å². The molecular weight excluding hydrogens is 472 g/mol. The van der Waals surface area contributed by atoms with Crippen LogP contribution >= 0.6 is 0 Å². The Balaban J connectivity index is 1.30. The van der Waals surface area contributed by atoms with Crippen LogP contribution in [0.25, 0.3) is 11.1 Å². The van der Waals surface area contributed by atoms with E-state index in [1.54, 1.807) is 24.3 Å². The molecule has 2 amide bonds. The third-order valence-corrected chi connectivity index (χ3v) is 6.22. The van der Waals surface area contributed by atoms with Crippen molar-refractivity contribution in [3.63, 3.8) is 0 Å². The number of alkyl carbamates (subject to hydrolysis) is 1. The zero-order valence-corrected chi connectivity index (χ0v) is 20.6. The molecule has 37 heavy (non-hydrogen) atoms. The summed E-state index contributed by atoms with van der Waals surface area (Å²) in [5.74, 6) is -2.30. The summed E-state index contributed by atoms with van der Waals surface area (Å²) in [6.07, 6.45) is -0.782. The van der Waals surface area contributed by atoms with Crippen molar-refractivity contribution in [2.45, 2.75) is 38.5 Å². The highest BCUT2D eigenvalue weighted by molar-refractivity contribution is 6.05. The molecule has 0 heterocycles. The van der Waals surface area contributed by atoms with Gasteiger partial charge in [0.15, 0.2) is 11.8 Å². The summed E-state index contributed by atoms with van der Waals surface area (Å²) in [6.45, 7) is 2.67. The highest BCUT2D eigenvalue weighted by Gasteiger charge is 2.31. The average Bonchev–Trinajstić information content (AvgIpc) is 3.23. The molecule has 190 valence electrons. The Labute approximate surface area is 215 Å². The lowest BCUT2D eigenvalue weighted by molar-refractivity contribution is -0.151. The minimum absolute atomic E-state index is 0.0348. The molecule has 2 atom stereocenters. The number of esters is 1. The van der Waals surface area contributed by atoms with Crippen LogP contribution in [0.5, 0.6) is 0 Å². The number of carbonyl (C=O) groups is 4. The molecule has 0 fully saturated rings. The van der Waals surface area contributed by atoms with Crippen LogP contribution in [0.4, 0.5) is 4.79 Å². The fourth-order valence-electron chi connectivity index (χ4n) is 4.29. The molecule has 4 rings (SSSR count). The van der Waals surface area contributed by atoms with Gasteiger partial charge in [-0.05, 0) is 41.7 Å². The minimum atomic E-state index is -1.48. The van der Waals surface area contributed by atoms with Crippen molar-refractivity contribution >= 4 is 23.8 Å². The van der Waals surface area contributed by atoms with E-state index in [4.69, 9.17) is 9.47 Å². The normalized spacial score (nSPS) is 13.5. The first-order valence-electron chi connectivity index (χ1n) is 12.0. The maximum absolute atomic E-state index is 12.6. The summed E-state index contributed by atoms with van der Waals surface area (Å²) in [5, 5.41) is 4.80. The van der Waals surface area contributed by atoms with E-state index in [0.717, 1.165) is 27.8 Å². The van der Waals surface area contributed by atoms with Crippen molar-refractivity contribution in [3.8, 4) is 11.1 Å². The van der Waals surface area contributed by atoms with Crippen molar-refractivity contribution in [3.05, 3.63) is 95.6 Å². The van der Waals surface area contributed by atoms with Gasteiger partial charge in [-0.25, -0.2) is 9.59 Å². The quantitative estimate of drug-likeness (QED) is 0.342. The molecule has 2 N–H and O–H groups in total. The van der Waals surface area contributed by atoms with Crippen LogP contribution in [0, 0.1) is 0 Å². The molecule has 3 aromatic rings. The smallest absolute Gasteiger partial charge is 0.407 e. The largest absolute Gasteiger partial charge is 0.459 e. The third-order valence-electron chi connectivity index (χ3n) is 6.22. The minimum Gasteiger partial charge on any atom is -0.459 e. The summed E-state index contributed by atoms with van der Waals surface area (Å²) in [5.41, 5.74) is 5.10. The van der Waals surface area contributed by atoms with Crippen LogP contribution < -0.4 is 10.6 Å². The van der Waals surface area contributed by atoms with Crippen LogP contribution in [-0.4, -0.2) is 42.4 Å². The van der Waals surface area contributed by atoms with Crippen LogP contribution in [0.2, 0.25) is 0 Å². The van der Waals surface area contributed by atoms with E-state index < -0.39 is 35.8 Å². The van der Waals surface area contributed by atoms with Crippen molar-refractivity contribution in [2.75, 3.05) is 6.61 Å². The number of Topliss-reactive ketones (excluding diaryl/α,β-unsaturated/α-hetero) is 1. The maximum Gasteiger partial charge on any atom is 0.407 e. The van der Waals surface area contributed by atoms with E-state index in [9.17, 15) is 19.2 Å². The molecule has 3 aromatic carbocycles. The number of ketones is 1. The Morgan fingerprint density at radius 2 is 1.35 bits per heavy atom. The number of nitrogens with one attached hydrogen (secondary N) is 2. The first-order chi connectivity index (χ1) is 17.8. The van der Waals surface area contributed by atoms with E-state index in [1.807, 2.05) is 54.6 Å². The van der Waals surface area contributed by atoms with E-state index in [1.165, 1.54) is 13.8 Å². The molecule has 0 bridgehead atoms. The van der Waals surface area contributed by atoms with Gasteiger partial charge < -0.3 is 20.1 Å². The van der Waals surface area contributed by atoms with Crippen LogP contribution in [-0.2, 0) is 30.5 Å². The zero-order chi connectivity index (χ0) is 26.4. The summed E-state index contributed by atoms with van der Waals surface area (Å²) < 4.78 is 10.6. The zero-order valence-electron chi connectivity index (χ0n) is 20.6. The van der Waals surface area contributed by atoms with E-state index in [0.29, 0.717) is 0 Å². The van der Waals surface area contributed by atoms with Gasteiger partial charge in [0.25, 0.3) is 0 Å². The predicted octanol–water partition coefficient (Wildman–Crippen LogP) is 3.73. The molecule has 8 heteroatoms. The lowest BCUT2D eigenvalue weighted by atomic mass is 9.98. The topological polar surface area (TPSA) is 111 Å². The monoisotopic (exact) mass is 500 g/mol. The number of carbonyl (C=O) groups excluding carboxylic acids is 4. The number of rotatable bonds is 9. The molecule has 0 aromatic heterocycles. The highest BCUT2D eigenvalue weighted by atomic mass is 16.5. The highest BCUT2D eigenvalue weighted by Crippen LogP contribution is 2.44. The summed E-state index contributed by atoms with van der Waals surface area (Å²) >= 11 is 0. The Bertz CT molecular complexity index is 1260.